The van der Waals surface area contributed by atoms with Gasteiger partial charge in [-0.1, -0.05) is 35.9 Å². The van der Waals surface area contributed by atoms with Crippen LogP contribution in [0, 0.1) is 10.1 Å². The van der Waals surface area contributed by atoms with Gasteiger partial charge in [-0.3, -0.25) is 15.5 Å². The molecule has 3 rings (SSSR count). The predicted octanol–water partition coefficient (Wildman–Crippen LogP) is 6.01. The molecule has 0 saturated heterocycles. The molecule has 3 aromatic rings. The Morgan fingerprint density at radius 1 is 1.16 bits per heavy atom. The summed E-state index contributed by atoms with van der Waals surface area (Å²) in [4.78, 5) is 10.3. The number of ether oxygens (including phenoxy) is 2. The summed E-state index contributed by atoms with van der Waals surface area (Å²) in [5.41, 5.74) is 6.06. The first-order valence-corrected chi connectivity index (χ1v) is 10.1. The second-order valence-electron chi connectivity index (χ2n) is 6.76. The van der Waals surface area contributed by atoms with Crippen molar-refractivity contribution >= 4 is 29.2 Å². The first-order valence-electron chi connectivity index (χ1n) is 9.73. The zero-order valence-corrected chi connectivity index (χ0v) is 18.2. The fourth-order valence-electron chi connectivity index (χ4n) is 2.99. The van der Waals surface area contributed by atoms with Crippen LogP contribution in [0.3, 0.4) is 0 Å². The van der Waals surface area contributed by atoms with E-state index in [1.165, 1.54) is 12.1 Å². The van der Waals surface area contributed by atoms with Crippen molar-refractivity contribution in [3.8, 4) is 11.5 Å². The van der Waals surface area contributed by atoms with Gasteiger partial charge in [0.15, 0.2) is 11.5 Å². The smallest absolute Gasteiger partial charge is 0.269 e. The van der Waals surface area contributed by atoms with Gasteiger partial charge in [0.05, 0.1) is 23.9 Å². The van der Waals surface area contributed by atoms with E-state index in [0.29, 0.717) is 35.2 Å². The predicted molar refractivity (Wildman–Crippen MR) is 127 cm³/mol. The largest absolute Gasteiger partial charge is 0.493 e. The quantitative estimate of drug-likeness (QED) is 0.176. The average Bonchev–Trinajstić information content (AvgIpc) is 2.79. The summed E-state index contributed by atoms with van der Waals surface area (Å²) in [5.74, 6) is 1.18. The van der Waals surface area contributed by atoms with Crippen LogP contribution in [0.15, 0.2) is 78.4 Å². The molecular weight excluding hydrogens is 430 g/mol. The lowest BCUT2D eigenvalue weighted by Gasteiger charge is -2.16. The number of rotatable bonds is 10. The van der Waals surface area contributed by atoms with Crippen LogP contribution in [0.25, 0.3) is 0 Å². The van der Waals surface area contributed by atoms with Gasteiger partial charge in [-0.05, 0) is 42.3 Å². The monoisotopic (exact) mass is 451 g/mol. The number of nitro groups is 1. The van der Waals surface area contributed by atoms with Crippen LogP contribution in [0.2, 0.25) is 5.02 Å². The van der Waals surface area contributed by atoms with Gasteiger partial charge in [0.2, 0.25) is 0 Å². The Labute approximate surface area is 191 Å². The van der Waals surface area contributed by atoms with Crippen molar-refractivity contribution in [3.63, 3.8) is 0 Å². The van der Waals surface area contributed by atoms with Crippen LogP contribution in [-0.4, -0.2) is 18.2 Å². The van der Waals surface area contributed by atoms with Crippen LogP contribution in [-0.2, 0) is 13.0 Å². The number of non-ortho nitro benzene ring substituents is 1. The van der Waals surface area contributed by atoms with Crippen LogP contribution in [0.4, 0.5) is 11.4 Å². The number of methoxy groups -OCH3 is 1. The maximum Gasteiger partial charge on any atom is 0.269 e. The molecule has 0 heterocycles. The topological polar surface area (TPSA) is 86.0 Å². The molecule has 0 radical (unpaired) electrons. The van der Waals surface area contributed by atoms with Gasteiger partial charge >= 0.3 is 0 Å². The molecule has 3 aromatic carbocycles. The zero-order valence-electron chi connectivity index (χ0n) is 17.5. The maximum atomic E-state index is 10.7. The fourth-order valence-corrected chi connectivity index (χ4v) is 3.18. The molecule has 0 unspecified atom stereocenters. The highest BCUT2D eigenvalue weighted by atomic mass is 35.5. The standard InChI is InChI=1S/C24H22ClN3O4/c1-3-6-18-13-17(15-26-27-20-9-11-21(12-10-20)28(29)30)14-23(31-2)24(18)32-16-19-7-4-5-8-22(19)25/h3-5,7-15,27H,1,6,16H2,2H3/b26-15+. The van der Waals surface area contributed by atoms with E-state index in [1.54, 1.807) is 31.5 Å². The minimum absolute atomic E-state index is 0.0192. The highest BCUT2D eigenvalue weighted by Crippen LogP contribution is 2.34. The van der Waals surface area contributed by atoms with Crippen molar-refractivity contribution in [2.75, 3.05) is 12.5 Å². The van der Waals surface area contributed by atoms with Crippen molar-refractivity contribution in [3.05, 3.63) is 105 Å². The van der Waals surface area contributed by atoms with Gasteiger partial charge in [-0.25, -0.2) is 0 Å². The number of hydrazone groups is 1. The number of hydrogen-bond acceptors (Lipinski definition) is 6. The molecule has 0 aromatic heterocycles. The summed E-state index contributed by atoms with van der Waals surface area (Å²) in [5, 5.41) is 15.6. The molecule has 7 nitrogen and oxygen atoms in total. The second-order valence-corrected chi connectivity index (χ2v) is 7.17. The van der Waals surface area contributed by atoms with Crippen LogP contribution in [0.5, 0.6) is 11.5 Å². The summed E-state index contributed by atoms with van der Waals surface area (Å²) in [6.45, 7) is 4.13. The third-order valence-electron chi connectivity index (χ3n) is 4.55. The Balaban J connectivity index is 1.79. The fraction of sp³-hybridized carbons (Fsp3) is 0.125. The normalized spacial score (nSPS) is 10.7. The molecule has 0 fully saturated rings. The molecule has 0 aliphatic carbocycles. The van der Waals surface area contributed by atoms with E-state index >= 15 is 0 Å². The Morgan fingerprint density at radius 3 is 2.56 bits per heavy atom. The SMILES string of the molecule is C=CCc1cc(/C=N/Nc2ccc([N+](=O)[O-])cc2)cc(OC)c1OCc1ccccc1Cl. The van der Waals surface area contributed by atoms with E-state index in [9.17, 15) is 10.1 Å². The minimum Gasteiger partial charge on any atom is -0.493 e. The van der Waals surface area contributed by atoms with Crippen molar-refractivity contribution < 1.29 is 14.4 Å². The lowest BCUT2D eigenvalue weighted by atomic mass is 10.1. The molecule has 0 aliphatic heterocycles. The van der Waals surface area contributed by atoms with E-state index < -0.39 is 4.92 Å². The van der Waals surface area contributed by atoms with Crippen LogP contribution >= 0.6 is 11.6 Å². The number of nitrogens with zero attached hydrogens (tertiary/aromatic N) is 2. The highest BCUT2D eigenvalue weighted by Gasteiger charge is 2.13. The van der Waals surface area contributed by atoms with Crippen molar-refractivity contribution in [1.29, 1.82) is 0 Å². The average molecular weight is 452 g/mol. The molecule has 0 atom stereocenters. The number of benzene rings is 3. The lowest BCUT2D eigenvalue weighted by Crippen LogP contribution is -2.03. The summed E-state index contributed by atoms with van der Waals surface area (Å²) in [6.07, 6.45) is 3.99. The van der Waals surface area contributed by atoms with Gasteiger partial charge in [-0.15, -0.1) is 6.58 Å². The maximum absolute atomic E-state index is 10.7. The molecule has 0 amide bonds. The Morgan fingerprint density at radius 2 is 1.91 bits per heavy atom. The second kappa shape index (κ2) is 11.0. The number of hydrogen-bond donors (Lipinski definition) is 1. The van der Waals surface area contributed by atoms with Crippen molar-refractivity contribution in [2.45, 2.75) is 13.0 Å². The molecule has 0 saturated carbocycles. The van der Waals surface area contributed by atoms with Crippen LogP contribution < -0.4 is 14.9 Å². The molecule has 1 N–H and O–H groups in total. The Kier molecular flexibility index (Phi) is 7.83. The number of anilines is 1. The number of nitro benzene ring substituents is 1. The molecule has 164 valence electrons. The highest BCUT2D eigenvalue weighted by molar-refractivity contribution is 6.31. The molecule has 0 bridgehead atoms. The zero-order chi connectivity index (χ0) is 22.9. The first kappa shape index (κ1) is 22.8. The molecule has 8 heteroatoms. The first-order chi connectivity index (χ1) is 15.5. The minimum atomic E-state index is -0.449. The Bertz CT molecular complexity index is 1130. The van der Waals surface area contributed by atoms with E-state index in [-0.39, 0.29) is 5.69 Å². The number of allylic oxidation sites excluding steroid dienone is 1. The lowest BCUT2D eigenvalue weighted by molar-refractivity contribution is -0.384. The molecule has 32 heavy (non-hydrogen) atoms. The number of nitrogens with one attached hydrogen (secondary N) is 1. The van der Waals surface area contributed by atoms with E-state index in [2.05, 4.69) is 17.1 Å². The number of halogens is 1. The van der Waals surface area contributed by atoms with E-state index in [1.807, 2.05) is 36.4 Å². The summed E-state index contributed by atoms with van der Waals surface area (Å²) in [7, 11) is 1.57. The molecule has 0 spiro atoms. The van der Waals surface area contributed by atoms with Gasteiger partial charge in [0.1, 0.15) is 6.61 Å². The third kappa shape index (κ3) is 5.86. The van der Waals surface area contributed by atoms with Gasteiger partial charge < -0.3 is 9.47 Å². The third-order valence-corrected chi connectivity index (χ3v) is 4.92. The van der Waals surface area contributed by atoms with Gasteiger partial charge in [0, 0.05) is 28.3 Å². The van der Waals surface area contributed by atoms with E-state index in [4.69, 9.17) is 21.1 Å². The Hall–Kier alpha value is -3.84. The van der Waals surface area contributed by atoms with Gasteiger partial charge in [-0.2, -0.15) is 5.10 Å². The van der Waals surface area contributed by atoms with Crippen LogP contribution in [0.1, 0.15) is 16.7 Å². The summed E-state index contributed by atoms with van der Waals surface area (Å²) >= 11 is 6.24. The molecular formula is C24H22ClN3O4. The summed E-state index contributed by atoms with van der Waals surface area (Å²) < 4.78 is 11.6. The molecule has 0 aliphatic rings. The van der Waals surface area contributed by atoms with E-state index in [0.717, 1.165) is 16.7 Å². The summed E-state index contributed by atoms with van der Waals surface area (Å²) in [6, 6.07) is 17.3. The van der Waals surface area contributed by atoms with Crippen molar-refractivity contribution in [1.82, 2.24) is 0 Å². The van der Waals surface area contributed by atoms with Crippen molar-refractivity contribution in [2.24, 2.45) is 5.10 Å². The van der Waals surface area contributed by atoms with Gasteiger partial charge in [0.25, 0.3) is 5.69 Å².